The number of thiophene rings is 1. The summed E-state index contributed by atoms with van der Waals surface area (Å²) in [7, 11) is 2.18. The molecule has 0 N–H and O–H groups in total. The molecule has 24 heavy (non-hydrogen) atoms. The minimum Gasteiger partial charge on any atom is -0.444 e. The summed E-state index contributed by atoms with van der Waals surface area (Å²) in [4.78, 5) is 22.8. The Balaban J connectivity index is 1.44. The molecule has 4 heterocycles. The van der Waals surface area contributed by atoms with Gasteiger partial charge < -0.3 is 14.2 Å². The number of amides is 1. The number of likely N-dealkylation sites (tertiary alicyclic amines) is 2. The summed E-state index contributed by atoms with van der Waals surface area (Å²) in [5, 5.41) is 2.00. The molecule has 0 aliphatic carbocycles. The average molecular weight is 345 g/mol. The van der Waals surface area contributed by atoms with Crippen molar-refractivity contribution in [1.82, 2.24) is 14.8 Å². The lowest BCUT2D eigenvalue weighted by Crippen LogP contribution is -2.47. The minimum absolute atomic E-state index is 0.184. The van der Waals surface area contributed by atoms with E-state index < -0.39 is 0 Å². The molecule has 0 saturated carbocycles. The molecule has 2 aromatic rings. The van der Waals surface area contributed by atoms with Crippen molar-refractivity contribution in [2.75, 3.05) is 20.1 Å². The average Bonchev–Trinajstić information content (AvgIpc) is 3.34. The summed E-state index contributed by atoms with van der Waals surface area (Å²) in [5.41, 5.74) is 0.730. The van der Waals surface area contributed by atoms with Gasteiger partial charge in [0.05, 0.1) is 17.0 Å². The van der Waals surface area contributed by atoms with Crippen molar-refractivity contribution in [3.63, 3.8) is 0 Å². The van der Waals surface area contributed by atoms with Gasteiger partial charge in [0, 0.05) is 18.6 Å². The molecule has 2 fully saturated rings. The van der Waals surface area contributed by atoms with Crippen LogP contribution in [0.25, 0.3) is 10.8 Å². The van der Waals surface area contributed by atoms with Gasteiger partial charge in [0.1, 0.15) is 6.26 Å². The lowest BCUT2D eigenvalue weighted by Gasteiger charge is -2.33. The predicted molar refractivity (Wildman–Crippen MR) is 93.9 cm³/mol. The number of aromatic nitrogens is 1. The fourth-order valence-corrected chi connectivity index (χ4v) is 4.74. The zero-order valence-electron chi connectivity index (χ0n) is 14.0. The van der Waals surface area contributed by atoms with Gasteiger partial charge >= 0.3 is 0 Å². The standard InChI is InChI=1S/C18H23N3O2S/c1-20-8-2-5-14(20)15-6-3-9-21(15)17(22)11-13-12-23-18(19-13)16-7-4-10-24-16/h4,7,10,12,14-15H,2-3,5-6,8-9,11H2,1H3/t14-,15+/m0/s1. The fourth-order valence-electron chi connectivity index (χ4n) is 4.08. The van der Waals surface area contributed by atoms with Crippen LogP contribution in [-0.4, -0.2) is 52.9 Å². The van der Waals surface area contributed by atoms with Gasteiger partial charge in [-0.05, 0) is 50.7 Å². The van der Waals surface area contributed by atoms with Gasteiger partial charge in [-0.2, -0.15) is 0 Å². The molecule has 4 rings (SSSR count). The second-order valence-corrected chi connectivity index (χ2v) is 7.73. The maximum Gasteiger partial charge on any atom is 0.236 e. The van der Waals surface area contributed by atoms with E-state index in [0.29, 0.717) is 24.4 Å². The Labute approximate surface area is 146 Å². The Morgan fingerprint density at radius 3 is 2.92 bits per heavy atom. The third-order valence-corrected chi connectivity index (χ3v) is 6.11. The van der Waals surface area contributed by atoms with Crippen molar-refractivity contribution in [3.05, 3.63) is 29.5 Å². The van der Waals surface area contributed by atoms with Gasteiger partial charge in [0.2, 0.25) is 11.8 Å². The van der Waals surface area contributed by atoms with Crippen LogP contribution in [0.5, 0.6) is 0 Å². The smallest absolute Gasteiger partial charge is 0.236 e. The number of rotatable bonds is 4. The highest BCUT2D eigenvalue weighted by molar-refractivity contribution is 7.13. The molecule has 5 nitrogen and oxygen atoms in total. The molecule has 2 saturated heterocycles. The Morgan fingerprint density at radius 2 is 2.17 bits per heavy atom. The minimum atomic E-state index is 0.184. The third kappa shape index (κ3) is 3.00. The monoisotopic (exact) mass is 345 g/mol. The molecule has 2 atom stereocenters. The fraction of sp³-hybridized carbons (Fsp3) is 0.556. The lowest BCUT2D eigenvalue weighted by molar-refractivity contribution is -0.132. The van der Waals surface area contributed by atoms with Crippen LogP contribution in [0.1, 0.15) is 31.4 Å². The normalized spacial score (nSPS) is 24.8. The van der Waals surface area contributed by atoms with Gasteiger partial charge in [-0.25, -0.2) is 4.98 Å². The summed E-state index contributed by atoms with van der Waals surface area (Å²) in [6, 6.07) is 4.85. The molecule has 6 heteroatoms. The second-order valence-electron chi connectivity index (χ2n) is 6.78. The number of oxazole rings is 1. The lowest BCUT2D eigenvalue weighted by atomic mass is 10.0. The maximum absolute atomic E-state index is 12.8. The van der Waals surface area contributed by atoms with E-state index in [4.69, 9.17) is 4.42 Å². The summed E-state index contributed by atoms with van der Waals surface area (Å²) in [6.07, 6.45) is 6.64. The molecule has 0 bridgehead atoms. The molecule has 0 unspecified atom stereocenters. The number of likely N-dealkylation sites (N-methyl/N-ethyl adjacent to an activating group) is 1. The number of carbonyl (C=O) groups excluding carboxylic acids is 1. The Bertz CT molecular complexity index is 697. The summed E-state index contributed by atoms with van der Waals surface area (Å²) >= 11 is 1.59. The van der Waals surface area contributed by atoms with Crippen LogP contribution >= 0.6 is 11.3 Å². The van der Waals surface area contributed by atoms with Gasteiger partial charge in [-0.1, -0.05) is 6.07 Å². The van der Waals surface area contributed by atoms with Crippen LogP contribution in [0, 0.1) is 0 Å². The highest BCUT2D eigenvalue weighted by Crippen LogP contribution is 2.30. The zero-order valence-corrected chi connectivity index (χ0v) is 14.8. The van der Waals surface area contributed by atoms with E-state index >= 15 is 0 Å². The molecular weight excluding hydrogens is 322 g/mol. The molecule has 0 spiro atoms. The molecule has 2 aliphatic heterocycles. The van der Waals surface area contributed by atoms with E-state index in [1.54, 1.807) is 17.6 Å². The molecule has 0 aromatic carbocycles. The van der Waals surface area contributed by atoms with Crippen molar-refractivity contribution >= 4 is 17.2 Å². The topological polar surface area (TPSA) is 49.6 Å². The summed E-state index contributed by atoms with van der Waals surface area (Å²) in [5.74, 6) is 0.796. The van der Waals surface area contributed by atoms with Crippen LogP contribution in [0.3, 0.4) is 0 Å². The van der Waals surface area contributed by atoms with Gasteiger partial charge in [0.25, 0.3) is 0 Å². The maximum atomic E-state index is 12.8. The van der Waals surface area contributed by atoms with E-state index in [1.165, 1.54) is 12.8 Å². The predicted octanol–water partition coefficient (Wildman–Crippen LogP) is 3.03. The summed E-state index contributed by atoms with van der Waals surface area (Å²) in [6.45, 7) is 2.03. The molecule has 1 amide bonds. The first-order valence-electron chi connectivity index (χ1n) is 8.70. The largest absolute Gasteiger partial charge is 0.444 e. The van der Waals surface area contributed by atoms with E-state index in [2.05, 4.69) is 21.8 Å². The Hall–Kier alpha value is -1.66. The van der Waals surface area contributed by atoms with Crippen LogP contribution in [0.15, 0.2) is 28.2 Å². The third-order valence-electron chi connectivity index (χ3n) is 5.26. The zero-order chi connectivity index (χ0) is 16.5. The highest BCUT2D eigenvalue weighted by atomic mass is 32.1. The first-order valence-corrected chi connectivity index (χ1v) is 9.58. The molecule has 2 aliphatic rings. The number of hydrogen-bond donors (Lipinski definition) is 0. The Morgan fingerprint density at radius 1 is 1.33 bits per heavy atom. The molecule has 2 aromatic heterocycles. The van der Waals surface area contributed by atoms with Crippen LogP contribution in [0.4, 0.5) is 0 Å². The van der Waals surface area contributed by atoms with E-state index in [-0.39, 0.29) is 5.91 Å². The molecule has 0 radical (unpaired) electrons. The quantitative estimate of drug-likeness (QED) is 0.855. The summed E-state index contributed by atoms with van der Waals surface area (Å²) < 4.78 is 5.54. The van der Waals surface area contributed by atoms with E-state index in [9.17, 15) is 4.79 Å². The molecular formula is C18H23N3O2S. The van der Waals surface area contributed by atoms with Crippen molar-refractivity contribution in [1.29, 1.82) is 0 Å². The van der Waals surface area contributed by atoms with Gasteiger partial charge in [-0.15, -0.1) is 11.3 Å². The number of carbonyl (C=O) groups is 1. The SMILES string of the molecule is CN1CCC[C@H]1[C@H]1CCCN1C(=O)Cc1coc(-c2cccs2)n1. The Kier molecular flexibility index (Phi) is 4.41. The number of nitrogens with zero attached hydrogens (tertiary/aromatic N) is 3. The van der Waals surface area contributed by atoms with Crippen molar-refractivity contribution < 1.29 is 9.21 Å². The highest BCUT2D eigenvalue weighted by Gasteiger charge is 2.38. The van der Waals surface area contributed by atoms with E-state index in [0.717, 1.165) is 36.5 Å². The van der Waals surface area contributed by atoms with Crippen LogP contribution in [0.2, 0.25) is 0 Å². The number of hydrogen-bond acceptors (Lipinski definition) is 5. The first kappa shape index (κ1) is 15.8. The van der Waals surface area contributed by atoms with Crippen molar-refractivity contribution in [2.45, 2.75) is 44.2 Å². The van der Waals surface area contributed by atoms with Gasteiger partial charge in [0.15, 0.2) is 0 Å². The van der Waals surface area contributed by atoms with Crippen molar-refractivity contribution in [2.24, 2.45) is 0 Å². The first-order chi connectivity index (χ1) is 11.7. The van der Waals surface area contributed by atoms with Crippen molar-refractivity contribution in [3.8, 4) is 10.8 Å². The molecule has 128 valence electrons. The van der Waals surface area contributed by atoms with Crippen LogP contribution in [-0.2, 0) is 11.2 Å². The van der Waals surface area contributed by atoms with Gasteiger partial charge in [-0.3, -0.25) is 4.79 Å². The second kappa shape index (κ2) is 6.69. The van der Waals surface area contributed by atoms with E-state index in [1.807, 2.05) is 17.5 Å². The van der Waals surface area contributed by atoms with Crippen LogP contribution < -0.4 is 0 Å².